The normalized spacial score (nSPS) is 14.4. The van der Waals surface area contributed by atoms with E-state index in [1.165, 1.54) is 11.3 Å². The Morgan fingerprint density at radius 1 is 1.19 bits per heavy atom. The van der Waals surface area contributed by atoms with Gasteiger partial charge in [-0.2, -0.15) is 0 Å². The standard InChI is InChI=1S/C19H24N2O4S/c22-11-5-2-6-12-25-18(23)17-16(15-7-3-1-4-8-15)20-19(26-17)21-9-13-24-14-10-21/h1,3-4,7-8,22H,2,5-6,9-14H2. The lowest BCUT2D eigenvalue weighted by Gasteiger charge is -2.26. The van der Waals surface area contributed by atoms with Crippen molar-refractivity contribution < 1.29 is 19.4 Å². The minimum atomic E-state index is -0.329. The molecule has 2 aromatic rings. The fraction of sp³-hybridized carbons (Fsp3) is 0.474. The molecule has 0 saturated carbocycles. The van der Waals surface area contributed by atoms with Crippen LogP contribution in [0.1, 0.15) is 28.9 Å². The van der Waals surface area contributed by atoms with Crippen LogP contribution in [0.2, 0.25) is 0 Å². The molecule has 0 atom stereocenters. The van der Waals surface area contributed by atoms with Gasteiger partial charge in [0.2, 0.25) is 0 Å². The zero-order chi connectivity index (χ0) is 18.2. The molecule has 0 spiro atoms. The summed E-state index contributed by atoms with van der Waals surface area (Å²) in [4.78, 5) is 20.1. The van der Waals surface area contributed by atoms with Gasteiger partial charge in [0.05, 0.1) is 25.5 Å². The quantitative estimate of drug-likeness (QED) is 0.564. The largest absolute Gasteiger partial charge is 0.461 e. The molecule has 2 heterocycles. The molecule has 7 heteroatoms. The summed E-state index contributed by atoms with van der Waals surface area (Å²) in [6, 6.07) is 9.73. The number of hydrogen-bond donors (Lipinski definition) is 1. The maximum atomic E-state index is 12.6. The van der Waals surface area contributed by atoms with E-state index in [2.05, 4.69) is 4.90 Å². The van der Waals surface area contributed by atoms with Gasteiger partial charge in [0, 0.05) is 25.3 Å². The van der Waals surface area contributed by atoms with E-state index < -0.39 is 0 Å². The Hall–Kier alpha value is -1.96. The van der Waals surface area contributed by atoms with Crippen LogP contribution in [0.4, 0.5) is 5.13 Å². The van der Waals surface area contributed by atoms with Crippen molar-refractivity contribution in [2.75, 3.05) is 44.4 Å². The lowest BCUT2D eigenvalue weighted by molar-refractivity contribution is 0.0503. The van der Waals surface area contributed by atoms with E-state index >= 15 is 0 Å². The van der Waals surface area contributed by atoms with E-state index in [4.69, 9.17) is 19.6 Å². The number of rotatable bonds is 8. The average molecular weight is 376 g/mol. The number of carbonyl (C=O) groups is 1. The molecule has 1 N–H and O–H groups in total. The number of morpholine rings is 1. The Morgan fingerprint density at radius 3 is 2.69 bits per heavy atom. The van der Waals surface area contributed by atoms with Gasteiger partial charge in [-0.1, -0.05) is 41.7 Å². The van der Waals surface area contributed by atoms with E-state index in [0.717, 1.165) is 43.0 Å². The molecule has 0 bridgehead atoms. The summed E-state index contributed by atoms with van der Waals surface area (Å²) in [5.41, 5.74) is 1.59. The minimum absolute atomic E-state index is 0.170. The highest BCUT2D eigenvalue weighted by molar-refractivity contribution is 7.17. The van der Waals surface area contributed by atoms with E-state index in [9.17, 15) is 4.79 Å². The second-order valence-corrected chi connectivity index (χ2v) is 7.04. The molecule has 1 aromatic carbocycles. The number of hydrogen-bond acceptors (Lipinski definition) is 7. The van der Waals surface area contributed by atoms with Crippen LogP contribution in [-0.4, -0.2) is 55.6 Å². The van der Waals surface area contributed by atoms with Crippen LogP contribution < -0.4 is 4.90 Å². The first-order valence-electron chi connectivity index (χ1n) is 8.96. The van der Waals surface area contributed by atoms with Crippen LogP contribution in [0, 0.1) is 0 Å². The van der Waals surface area contributed by atoms with Crippen molar-refractivity contribution >= 4 is 22.4 Å². The summed E-state index contributed by atoms with van der Waals surface area (Å²) in [5.74, 6) is -0.329. The minimum Gasteiger partial charge on any atom is -0.461 e. The third-order valence-corrected chi connectivity index (χ3v) is 5.26. The summed E-state index contributed by atoms with van der Waals surface area (Å²) in [5, 5.41) is 9.65. The smallest absolute Gasteiger partial charge is 0.350 e. The fourth-order valence-electron chi connectivity index (χ4n) is 2.75. The number of thiazole rings is 1. The molecular weight excluding hydrogens is 352 g/mol. The first kappa shape index (κ1) is 18.8. The first-order valence-corrected chi connectivity index (χ1v) is 9.78. The van der Waals surface area contributed by atoms with Crippen LogP contribution in [0.3, 0.4) is 0 Å². The van der Waals surface area contributed by atoms with Gasteiger partial charge in [-0.25, -0.2) is 9.78 Å². The van der Waals surface area contributed by atoms with Crippen molar-refractivity contribution in [1.82, 2.24) is 4.98 Å². The van der Waals surface area contributed by atoms with Gasteiger partial charge in [0.15, 0.2) is 5.13 Å². The molecule has 26 heavy (non-hydrogen) atoms. The number of ether oxygens (including phenoxy) is 2. The maximum absolute atomic E-state index is 12.6. The van der Waals surface area contributed by atoms with E-state index in [0.29, 0.717) is 30.4 Å². The van der Waals surface area contributed by atoms with Crippen molar-refractivity contribution in [3.63, 3.8) is 0 Å². The van der Waals surface area contributed by atoms with E-state index in [1.807, 2.05) is 30.3 Å². The fourth-order valence-corrected chi connectivity index (χ4v) is 3.78. The number of carbonyl (C=O) groups excluding carboxylic acids is 1. The first-order chi connectivity index (χ1) is 12.8. The number of unbranched alkanes of at least 4 members (excludes halogenated alkanes) is 2. The molecule has 0 amide bonds. The number of esters is 1. The van der Waals surface area contributed by atoms with E-state index in [1.54, 1.807) is 0 Å². The summed E-state index contributed by atoms with van der Waals surface area (Å²) in [6.07, 6.45) is 2.33. The molecule has 1 aromatic heterocycles. The predicted octanol–water partition coefficient (Wildman–Crippen LogP) is 2.97. The van der Waals surface area contributed by atoms with Crippen LogP contribution in [0.5, 0.6) is 0 Å². The Morgan fingerprint density at radius 2 is 1.96 bits per heavy atom. The van der Waals surface area contributed by atoms with Crippen molar-refractivity contribution in [3.05, 3.63) is 35.2 Å². The van der Waals surface area contributed by atoms with Crippen molar-refractivity contribution in [2.24, 2.45) is 0 Å². The monoisotopic (exact) mass is 376 g/mol. The SMILES string of the molecule is O=C(OCCCCCO)c1sc(N2CCOCC2)nc1-c1ccccc1. The molecule has 0 radical (unpaired) electrons. The molecular formula is C19H24N2O4S. The van der Waals surface area contributed by atoms with Crippen LogP contribution in [0.25, 0.3) is 11.3 Å². The zero-order valence-corrected chi connectivity index (χ0v) is 15.5. The predicted molar refractivity (Wildman–Crippen MR) is 102 cm³/mol. The second-order valence-electron chi connectivity index (χ2n) is 6.06. The Kier molecular flexibility index (Phi) is 6.99. The number of anilines is 1. The number of aliphatic hydroxyl groups is 1. The summed E-state index contributed by atoms with van der Waals surface area (Å²) >= 11 is 1.38. The summed E-state index contributed by atoms with van der Waals surface area (Å²) < 4.78 is 10.8. The van der Waals surface area contributed by atoms with Crippen LogP contribution in [0.15, 0.2) is 30.3 Å². The average Bonchev–Trinajstić information content (AvgIpc) is 3.15. The molecule has 1 saturated heterocycles. The molecule has 140 valence electrons. The van der Waals surface area contributed by atoms with Gasteiger partial charge < -0.3 is 19.5 Å². The second kappa shape index (κ2) is 9.66. The molecule has 3 rings (SSSR count). The summed E-state index contributed by atoms with van der Waals surface area (Å²) in [6.45, 7) is 3.42. The maximum Gasteiger partial charge on any atom is 0.350 e. The molecule has 1 fully saturated rings. The molecule has 0 unspecified atom stereocenters. The number of nitrogens with zero attached hydrogens (tertiary/aromatic N) is 2. The molecule has 1 aliphatic heterocycles. The third-order valence-electron chi connectivity index (χ3n) is 4.17. The summed E-state index contributed by atoms with van der Waals surface area (Å²) in [7, 11) is 0. The zero-order valence-electron chi connectivity index (χ0n) is 14.7. The highest BCUT2D eigenvalue weighted by Crippen LogP contribution is 2.34. The van der Waals surface area contributed by atoms with Gasteiger partial charge in [0.25, 0.3) is 0 Å². The van der Waals surface area contributed by atoms with Gasteiger partial charge >= 0.3 is 5.97 Å². The number of aromatic nitrogens is 1. The van der Waals surface area contributed by atoms with Crippen LogP contribution in [-0.2, 0) is 9.47 Å². The topological polar surface area (TPSA) is 71.9 Å². The van der Waals surface area contributed by atoms with Gasteiger partial charge in [-0.05, 0) is 19.3 Å². The lowest BCUT2D eigenvalue weighted by atomic mass is 10.1. The molecule has 0 aliphatic carbocycles. The highest BCUT2D eigenvalue weighted by Gasteiger charge is 2.24. The van der Waals surface area contributed by atoms with Crippen molar-refractivity contribution in [1.29, 1.82) is 0 Å². The number of aliphatic hydroxyl groups excluding tert-OH is 1. The van der Waals surface area contributed by atoms with Crippen molar-refractivity contribution in [2.45, 2.75) is 19.3 Å². The molecule has 1 aliphatic rings. The Bertz CT molecular complexity index is 699. The third kappa shape index (κ3) is 4.81. The van der Waals surface area contributed by atoms with Crippen LogP contribution >= 0.6 is 11.3 Å². The van der Waals surface area contributed by atoms with Crippen molar-refractivity contribution in [3.8, 4) is 11.3 Å². The Balaban J connectivity index is 1.77. The van der Waals surface area contributed by atoms with Gasteiger partial charge in [-0.3, -0.25) is 0 Å². The highest BCUT2D eigenvalue weighted by atomic mass is 32.1. The molecule has 6 nitrogen and oxygen atoms in total. The van der Waals surface area contributed by atoms with Gasteiger partial charge in [-0.15, -0.1) is 0 Å². The number of benzene rings is 1. The van der Waals surface area contributed by atoms with Gasteiger partial charge in [0.1, 0.15) is 4.88 Å². The van der Waals surface area contributed by atoms with E-state index in [-0.39, 0.29) is 12.6 Å². The Labute approximate surface area is 157 Å². The lowest BCUT2D eigenvalue weighted by Crippen LogP contribution is -2.36.